The van der Waals surface area contributed by atoms with Gasteiger partial charge in [-0.2, -0.15) is 0 Å². The van der Waals surface area contributed by atoms with Crippen molar-refractivity contribution < 1.29 is 4.79 Å². The van der Waals surface area contributed by atoms with Gasteiger partial charge in [-0.15, -0.1) is 0 Å². The van der Waals surface area contributed by atoms with Crippen molar-refractivity contribution in [2.75, 3.05) is 6.54 Å². The van der Waals surface area contributed by atoms with Crippen molar-refractivity contribution in [1.82, 2.24) is 4.90 Å². The van der Waals surface area contributed by atoms with Gasteiger partial charge in [0.15, 0.2) is 0 Å². The first-order chi connectivity index (χ1) is 19.0. The Labute approximate surface area is 237 Å². The molecule has 3 rings (SSSR count). The summed E-state index contributed by atoms with van der Waals surface area (Å²) in [4.78, 5) is 15.9. The summed E-state index contributed by atoms with van der Waals surface area (Å²) in [7, 11) is 0. The Morgan fingerprint density at radius 1 is 0.667 bits per heavy atom. The van der Waals surface area contributed by atoms with Crippen molar-refractivity contribution in [3.63, 3.8) is 0 Å². The Kier molecular flexibility index (Phi) is 12.8. The van der Waals surface area contributed by atoms with Gasteiger partial charge in [-0.05, 0) is 66.5 Å². The lowest BCUT2D eigenvalue weighted by molar-refractivity contribution is 0.0725. The maximum absolute atomic E-state index is 13.8. The third-order valence-corrected chi connectivity index (χ3v) is 7.93. The number of carbonyl (C=O) groups excluding carboxylic acids is 1. The third kappa shape index (κ3) is 9.97. The molecule has 210 valence electrons. The molecular formula is C36H50N2O. The van der Waals surface area contributed by atoms with Gasteiger partial charge >= 0.3 is 0 Å². The second-order valence-corrected chi connectivity index (χ2v) is 11.3. The summed E-state index contributed by atoms with van der Waals surface area (Å²) in [6, 6.07) is 27.3. The van der Waals surface area contributed by atoms with E-state index in [-0.39, 0.29) is 11.4 Å². The topological polar surface area (TPSA) is 46.3 Å². The van der Waals surface area contributed by atoms with Crippen LogP contribution in [0.5, 0.6) is 0 Å². The number of unbranched alkanes of at least 4 members (excludes halogenated alkanes) is 4. The van der Waals surface area contributed by atoms with Gasteiger partial charge in [0.2, 0.25) is 0 Å². The van der Waals surface area contributed by atoms with Gasteiger partial charge in [0.25, 0.3) is 5.91 Å². The molecule has 0 fully saturated rings. The number of rotatable bonds is 17. The van der Waals surface area contributed by atoms with Crippen molar-refractivity contribution in [3.05, 3.63) is 95.6 Å². The van der Waals surface area contributed by atoms with Crippen LogP contribution in [0.2, 0.25) is 0 Å². The zero-order chi connectivity index (χ0) is 27.9. The number of hydrogen-bond acceptors (Lipinski definition) is 2. The molecule has 0 atom stereocenters. The minimum absolute atomic E-state index is 0.0931. The molecule has 0 spiro atoms. The predicted molar refractivity (Wildman–Crippen MR) is 167 cm³/mol. The first kappa shape index (κ1) is 30.6. The lowest BCUT2D eigenvalue weighted by Crippen LogP contribution is -2.44. The van der Waals surface area contributed by atoms with Crippen molar-refractivity contribution in [2.24, 2.45) is 5.73 Å². The van der Waals surface area contributed by atoms with E-state index in [2.05, 4.69) is 81.4 Å². The highest BCUT2D eigenvalue weighted by atomic mass is 16.2. The van der Waals surface area contributed by atoms with Gasteiger partial charge in [-0.25, -0.2) is 0 Å². The van der Waals surface area contributed by atoms with Crippen molar-refractivity contribution in [3.8, 4) is 11.1 Å². The molecule has 0 radical (unpaired) electrons. The number of nitrogens with two attached hydrogens (primary N) is 1. The van der Waals surface area contributed by atoms with E-state index in [1.54, 1.807) is 0 Å². The number of benzene rings is 3. The first-order valence-corrected chi connectivity index (χ1v) is 15.3. The van der Waals surface area contributed by atoms with Crippen molar-refractivity contribution in [2.45, 2.75) is 103 Å². The monoisotopic (exact) mass is 526 g/mol. The van der Waals surface area contributed by atoms with E-state index in [4.69, 9.17) is 5.73 Å². The Morgan fingerprint density at radius 3 is 1.82 bits per heavy atom. The largest absolute Gasteiger partial charge is 0.334 e. The molecule has 39 heavy (non-hydrogen) atoms. The van der Waals surface area contributed by atoms with Gasteiger partial charge in [0.1, 0.15) is 0 Å². The lowest BCUT2D eigenvalue weighted by atomic mass is 9.85. The van der Waals surface area contributed by atoms with Crippen LogP contribution in [0.25, 0.3) is 11.1 Å². The summed E-state index contributed by atoms with van der Waals surface area (Å²) >= 11 is 0. The summed E-state index contributed by atoms with van der Waals surface area (Å²) in [5.41, 5.74) is 12.4. The van der Waals surface area contributed by atoms with Crippen LogP contribution in [-0.2, 0) is 13.0 Å². The van der Waals surface area contributed by atoms with Gasteiger partial charge in [0, 0.05) is 24.2 Å². The normalized spacial score (nSPS) is 11.5. The molecule has 0 saturated heterocycles. The average Bonchev–Trinajstić information content (AvgIpc) is 2.98. The quantitative estimate of drug-likeness (QED) is 0.178. The molecule has 0 bridgehead atoms. The van der Waals surface area contributed by atoms with E-state index in [1.807, 2.05) is 23.1 Å². The standard InChI is InChI=1S/C36H50N2O/c1-4-7-11-14-30-17-23-34(24-18-30)35(39)38(28-27-36(37,25-8-5-2)26-9-6-3)29-31-19-21-33(22-20-31)32-15-12-10-13-16-32/h10,12-13,15-24H,4-9,11,14,25-29,37H2,1-3H3. The lowest BCUT2D eigenvalue weighted by Gasteiger charge is -2.33. The molecular weight excluding hydrogens is 476 g/mol. The molecule has 0 aliphatic heterocycles. The van der Waals surface area contributed by atoms with E-state index in [1.165, 1.54) is 36.0 Å². The Morgan fingerprint density at radius 2 is 1.23 bits per heavy atom. The van der Waals surface area contributed by atoms with Crippen LogP contribution in [0.3, 0.4) is 0 Å². The minimum Gasteiger partial charge on any atom is -0.334 e. The average molecular weight is 527 g/mol. The molecule has 0 unspecified atom stereocenters. The van der Waals surface area contributed by atoms with Gasteiger partial charge < -0.3 is 10.6 Å². The van der Waals surface area contributed by atoms with E-state index in [9.17, 15) is 4.79 Å². The molecule has 3 aromatic rings. The van der Waals surface area contributed by atoms with Crippen LogP contribution in [0, 0.1) is 0 Å². The second kappa shape index (κ2) is 16.3. The van der Waals surface area contributed by atoms with Crippen LogP contribution < -0.4 is 5.73 Å². The molecule has 0 aliphatic carbocycles. The predicted octanol–water partition coefficient (Wildman–Crippen LogP) is 9.20. The Bertz CT molecular complexity index is 1080. The van der Waals surface area contributed by atoms with E-state index in [0.29, 0.717) is 13.1 Å². The minimum atomic E-state index is -0.217. The fourth-order valence-corrected chi connectivity index (χ4v) is 5.27. The molecule has 2 N–H and O–H groups in total. The van der Waals surface area contributed by atoms with E-state index >= 15 is 0 Å². The van der Waals surface area contributed by atoms with Crippen LogP contribution in [-0.4, -0.2) is 22.9 Å². The highest BCUT2D eigenvalue weighted by molar-refractivity contribution is 5.94. The van der Waals surface area contributed by atoms with Crippen LogP contribution >= 0.6 is 0 Å². The zero-order valence-corrected chi connectivity index (χ0v) is 24.6. The van der Waals surface area contributed by atoms with Crippen LogP contribution in [0.1, 0.15) is 106 Å². The number of carbonyl (C=O) groups is 1. The fraction of sp³-hybridized carbons (Fsp3) is 0.472. The molecule has 0 aromatic heterocycles. The highest BCUT2D eigenvalue weighted by Crippen LogP contribution is 2.25. The Hall–Kier alpha value is -2.91. The maximum Gasteiger partial charge on any atom is 0.254 e. The van der Waals surface area contributed by atoms with Gasteiger partial charge in [0.05, 0.1) is 0 Å². The third-order valence-electron chi connectivity index (χ3n) is 7.93. The highest BCUT2D eigenvalue weighted by Gasteiger charge is 2.26. The van der Waals surface area contributed by atoms with Crippen molar-refractivity contribution >= 4 is 5.91 Å². The zero-order valence-electron chi connectivity index (χ0n) is 24.6. The number of aryl methyl sites for hydroxylation is 1. The molecule has 0 heterocycles. The Balaban J connectivity index is 1.78. The summed E-state index contributed by atoms with van der Waals surface area (Å²) in [5.74, 6) is 0.0931. The molecule has 1 amide bonds. The molecule has 3 nitrogen and oxygen atoms in total. The van der Waals surface area contributed by atoms with E-state index < -0.39 is 0 Å². The summed E-state index contributed by atoms with van der Waals surface area (Å²) in [6.07, 6.45) is 12.2. The van der Waals surface area contributed by atoms with Crippen LogP contribution in [0.4, 0.5) is 0 Å². The maximum atomic E-state index is 13.8. The molecule has 0 saturated carbocycles. The van der Waals surface area contributed by atoms with E-state index in [0.717, 1.165) is 62.5 Å². The molecule has 0 aliphatic rings. The van der Waals surface area contributed by atoms with Gasteiger partial charge in [-0.3, -0.25) is 4.79 Å². The fourth-order valence-electron chi connectivity index (χ4n) is 5.27. The second-order valence-electron chi connectivity index (χ2n) is 11.3. The molecule has 3 aromatic carbocycles. The SMILES string of the molecule is CCCCCc1ccc(C(=O)N(CCC(N)(CCCC)CCCC)Cc2ccc(-c3ccccc3)cc2)cc1. The molecule has 3 heteroatoms. The van der Waals surface area contributed by atoms with Crippen LogP contribution in [0.15, 0.2) is 78.9 Å². The number of nitrogens with zero attached hydrogens (tertiary/aromatic N) is 1. The number of hydrogen-bond donors (Lipinski definition) is 1. The summed E-state index contributed by atoms with van der Waals surface area (Å²) < 4.78 is 0. The smallest absolute Gasteiger partial charge is 0.254 e. The summed E-state index contributed by atoms with van der Waals surface area (Å²) in [5, 5.41) is 0. The van der Waals surface area contributed by atoms with Crippen molar-refractivity contribution in [1.29, 1.82) is 0 Å². The number of amides is 1. The first-order valence-electron chi connectivity index (χ1n) is 15.3. The van der Waals surface area contributed by atoms with Gasteiger partial charge in [-0.1, -0.05) is 126 Å². The summed E-state index contributed by atoms with van der Waals surface area (Å²) in [6.45, 7) is 7.93.